The van der Waals surface area contributed by atoms with Gasteiger partial charge in [0.25, 0.3) is 11.8 Å². The summed E-state index contributed by atoms with van der Waals surface area (Å²) in [7, 11) is 1.46. The molecule has 196 valence electrons. The molecule has 3 amide bonds. The molecule has 3 aliphatic rings. The maximum atomic E-state index is 13.2. The number of piperazine rings is 1. The van der Waals surface area contributed by atoms with Crippen LogP contribution >= 0.6 is 11.6 Å². The Kier molecular flexibility index (Phi) is 8.98. The number of hydrogen-bond donors (Lipinski definition) is 1. The van der Waals surface area contributed by atoms with Gasteiger partial charge < -0.3 is 19.9 Å². The molecule has 1 aromatic carbocycles. The molecule has 0 aliphatic carbocycles. The van der Waals surface area contributed by atoms with E-state index in [9.17, 15) is 19.2 Å². The van der Waals surface area contributed by atoms with Crippen molar-refractivity contribution in [3.05, 3.63) is 29.3 Å². The standard InChI is InChI=1S/C26H36ClN5O4/c1-28-24(34)23(3-2-16-33)32-25(35)21-5-4-20(17-22(21)26(32)36)31-9-6-19(7-10-31)18-30-14-12-29(11-8-27)13-15-30/h4-5,16-17,19,23H,2-3,6-15,18H2,1H3,(H,28,34). The van der Waals surface area contributed by atoms with Crippen molar-refractivity contribution in [1.82, 2.24) is 20.0 Å². The number of carbonyl (C=O) groups is 4. The highest BCUT2D eigenvalue weighted by Crippen LogP contribution is 2.32. The van der Waals surface area contributed by atoms with Gasteiger partial charge in [-0.1, -0.05) is 0 Å². The van der Waals surface area contributed by atoms with Gasteiger partial charge in [0.1, 0.15) is 12.3 Å². The molecule has 3 aliphatic heterocycles. The van der Waals surface area contributed by atoms with E-state index in [0.29, 0.717) is 29.2 Å². The first-order chi connectivity index (χ1) is 17.5. The highest BCUT2D eigenvalue weighted by atomic mass is 35.5. The monoisotopic (exact) mass is 517 g/mol. The maximum Gasteiger partial charge on any atom is 0.262 e. The molecule has 1 unspecified atom stereocenters. The molecule has 9 nitrogen and oxygen atoms in total. The van der Waals surface area contributed by atoms with E-state index >= 15 is 0 Å². The van der Waals surface area contributed by atoms with Crippen molar-refractivity contribution in [3.63, 3.8) is 0 Å². The summed E-state index contributed by atoms with van der Waals surface area (Å²) in [5.41, 5.74) is 1.57. The van der Waals surface area contributed by atoms with Crippen molar-refractivity contribution in [2.75, 3.05) is 70.2 Å². The number of anilines is 1. The van der Waals surface area contributed by atoms with Gasteiger partial charge in [0.2, 0.25) is 5.91 Å². The van der Waals surface area contributed by atoms with Crippen molar-refractivity contribution in [2.24, 2.45) is 5.92 Å². The number of halogens is 1. The normalized spacial score (nSPS) is 20.5. The van der Waals surface area contributed by atoms with Crippen LogP contribution in [0, 0.1) is 5.92 Å². The predicted molar refractivity (Wildman–Crippen MR) is 139 cm³/mol. The number of carbonyl (C=O) groups excluding carboxylic acids is 4. The summed E-state index contributed by atoms with van der Waals surface area (Å²) in [6.07, 6.45) is 3.06. The number of benzene rings is 1. The zero-order chi connectivity index (χ0) is 25.7. The molecule has 1 N–H and O–H groups in total. The zero-order valence-corrected chi connectivity index (χ0v) is 21.7. The molecule has 0 spiro atoms. The Bertz CT molecular complexity index is 973. The average Bonchev–Trinajstić information content (AvgIpc) is 3.15. The van der Waals surface area contributed by atoms with Crippen LogP contribution < -0.4 is 10.2 Å². The predicted octanol–water partition coefficient (Wildman–Crippen LogP) is 1.45. The third-order valence-electron chi connectivity index (χ3n) is 7.68. The SMILES string of the molecule is CNC(=O)C(CCC=O)N1C(=O)c2ccc(N3CCC(CN4CCN(CCCl)CC4)CC3)cc2C1=O. The molecular formula is C26H36ClN5O4. The minimum atomic E-state index is -0.997. The lowest BCUT2D eigenvalue weighted by Crippen LogP contribution is -2.49. The van der Waals surface area contributed by atoms with Crippen molar-refractivity contribution in [2.45, 2.75) is 31.7 Å². The first-order valence-corrected chi connectivity index (χ1v) is 13.4. The van der Waals surface area contributed by atoms with Gasteiger partial charge >= 0.3 is 0 Å². The minimum absolute atomic E-state index is 0.0921. The summed E-state index contributed by atoms with van der Waals surface area (Å²) in [5.74, 6) is -0.0621. The summed E-state index contributed by atoms with van der Waals surface area (Å²) in [6.45, 7) is 8.25. The van der Waals surface area contributed by atoms with E-state index in [1.165, 1.54) is 7.05 Å². The summed E-state index contributed by atoms with van der Waals surface area (Å²) in [5, 5.41) is 2.50. The van der Waals surface area contributed by atoms with Crippen molar-refractivity contribution < 1.29 is 19.2 Å². The van der Waals surface area contributed by atoms with Crippen molar-refractivity contribution in [1.29, 1.82) is 0 Å². The van der Waals surface area contributed by atoms with Crippen molar-refractivity contribution >= 4 is 41.3 Å². The topological polar surface area (TPSA) is 93.3 Å². The van der Waals surface area contributed by atoms with Gasteiger partial charge in [0.15, 0.2) is 0 Å². The summed E-state index contributed by atoms with van der Waals surface area (Å²) < 4.78 is 0. The van der Waals surface area contributed by atoms with Crippen LogP contribution in [0.15, 0.2) is 18.2 Å². The van der Waals surface area contributed by atoms with Gasteiger partial charge in [-0.05, 0) is 43.4 Å². The zero-order valence-electron chi connectivity index (χ0n) is 21.0. The Morgan fingerprint density at radius 1 is 1.06 bits per heavy atom. The van der Waals surface area contributed by atoms with Crippen LogP contribution in [0.5, 0.6) is 0 Å². The Balaban J connectivity index is 1.36. The van der Waals surface area contributed by atoms with Crippen LogP contribution in [0.2, 0.25) is 0 Å². The van der Waals surface area contributed by atoms with Crippen LogP contribution in [0.4, 0.5) is 5.69 Å². The fourth-order valence-corrected chi connectivity index (χ4v) is 5.79. The second-order valence-corrected chi connectivity index (χ2v) is 10.2. The molecule has 0 saturated carbocycles. The molecule has 1 atom stereocenters. The lowest BCUT2D eigenvalue weighted by molar-refractivity contribution is -0.124. The van der Waals surface area contributed by atoms with E-state index in [2.05, 4.69) is 20.0 Å². The number of piperidine rings is 1. The Morgan fingerprint density at radius 2 is 1.72 bits per heavy atom. The van der Waals surface area contributed by atoms with Gasteiger partial charge in [-0.25, -0.2) is 0 Å². The number of nitrogens with one attached hydrogen (secondary N) is 1. The lowest BCUT2D eigenvalue weighted by Gasteiger charge is -2.39. The molecule has 10 heteroatoms. The molecule has 36 heavy (non-hydrogen) atoms. The van der Waals surface area contributed by atoms with Gasteiger partial charge in [-0.2, -0.15) is 0 Å². The molecule has 2 fully saturated rings. The summed E-state index contributed by atoms with van der Waals surface area (Å²) >= 11 is 5.87. The van der Waals surface area contributed by atoms with Crippen LogP contribution in [-0.2, 0) is 9.59 Å². The number of aldehydes is 1. The van der Waals surface area contributed by atoms with E-state index in [0.717, 1.165) is 75.8 Å². The van der Waals surface area contributed by atoms with E-state index < -0.39 is 23.8 Å². The molecule has 4 rings (SSSR count). The molecule has 0 aromatic heterocycles. The Morgan fingerprint density at radius 3 is 2.36 bits per heavy atom. The average molecular weight is 518 g/mol. The fraction of sp³-hybridized carbons (Fsp3) is 0.615. The third kappa shape index (κ3) is 5.74. The fourth-order valence-electron chi connectivity index (χ4n) is 5.55. The number of likely N-dealkylation sites (N-methyl/N-ethyl adjacent to an activating group) is 1. The molecule has 0 bridgehead atoms. The number of nitrogens with zero attached hydrogens (tertiary/aromatic N) is 4. The maximum absolute atomic E-state index is 13.2. The Hall–Kier alpha value is -2.49. The summed E-state index contributed by atoms with van der Waals surface area (Å²) in [4.78, 5) is 57.8. The summed E-state index contributed by atoms with van der Waals surface area (Å²) in [6, 6.07) is 4.37. The number of fused-ring (bicyclic) bond motifs is 1. The van der Waals surface area contributed by atoms with Crippen LogP contribution in [0.3, 0.4) is 0 Å². The van der Waals surface area contributed by atoms with Gasteiger partial charge in [0, 0.05) is 77.4 Å². The second-order valence-electron chi connectivity index (χ2n) is 9.85. The van der Waals surface area contributed by atoms with Crippen molar-refractivity contribution in [3.8, 4) is 0 Å². The number of amides is 3. The highest BCUT2D eigenvalue weighted by Gasteiger charge is 2.42. The molecule has 1 aromatic rings. The van der Waals surface area contributed by atoms with Gasteiger partial charge in [0.05, 0.1) is 11.1 Å². The third-order valence-corrected chi connectivity index (χ3v) is 7.85. The number of hydrogen-bond acceptors (Lipinski definition) is 7. The lowest BCUT2D eigenvalue weighted by atomic mass is 9.95. The number of alkyl halides is 1. The Labute approximate surface area is 217 Å². The molecular weight excluding hydrogens is 482 g/mol. The van der Waals surface area contributed by atoms with Crippen LogP contribution in [0.1, 0.15) is 46.4 Å². The first-order valence-electron chi connectivity index (χ1n) is 12.9. The van der Waals surface area contributed by atoms with E-state index in [1.807, 2.05) is 6.07 Å². The highest BCUT2D eigenvalue weighted by molar-refractivity contribution is 6.23. The minimum Gasteiger partial charge on any atom is -0.371 e. The van der Waals surface area contributed by atoms with E-state index in [-0.39, 0.29) is 12.8 Å². The molecule has 0 radical (unpaired) electrons. The quantitative estimate of drug-likeness (QED) is 0.285. The van der Waals surface area contributed by atoms with E-state index in [4.69, 9.17) is 11.6 Å². The van der Waals surface area contributed by atoms with Crippen LogP contribution in [-0.4, -0.2) is 110 Å². The van der Waals surface area contributed by atoms with Crippen LogP contribution in [0.25, 0.3) is 0 Å². The van der Waals surface area contributed by atoms with Gasteiger partial charge in [-0.3, -0.25) is 24.2 Å². The number of rotatable bonds is 10. The number of imide groups is 1. The largest absolute Gasteiger partial charge is 0.371 e. The smallest absolute Gasteiger partial charge is 0.262 e. The van der Waals surface area contributed by atoms with E-state index in [1.54, 1.807) is 12.1 Å². The van der Waals surface area contributed by atoms with Gasteiger partial charge in [-0.15, -0.1) is 11.6 Å². The molecule has 2 saturated heterocycles. The second kappa shape index (κ2) is 12.2. The first kappa shape index (κ1) is 26.6. The molecule has 3 heterocycles.